The first-order valence-corrected chi connectivity index (χ1v) is 8.40. The summed E-state index contributed by atoms with van der Waals surface area (Å²) in [4.78, 5) is 14.4. The number of rotatable bonds is 8. The van der Waals surface area contributed by atoms with E-state index in [1.807, 2.05) is 30.3 Å². The molecule has 0 aliphatic heterocycles. The minimum Gasteiger partial charge on any atom is -0.496 e. The van der Waals surface area contributed by atoms with Gasteiger partial charge < -0.3 is 9.47 Å². The van der Waals surface area contributed by atoms with Gasteiger partial charge in [0.05, 0.1) is 23.9 Å². The number of aromatic nitrogens is 1. The number of methoxy groups -OCH3 is 1. The largest absolute Gasteiger partial charge is 0.496 e. The maximum Gasteiger partial charge on any atom is 0.269 e. The van der Waals surface area contributed by atoms with Crippen molar-refractivity contribution in [3.63, 3.8) is 0 Å². The van der Waals surface area contributed by atoms with Gasteiger partial charge >= 0.3 is 0 Å². The summed E-state index contributed by atoms with van der Waals surface area (Å²) in [5.41, 5.74) is 5.21. The molecule has 0 unspecified atom stereocenters. The molecule has 28 heavy (non-hydrogen) atoms. The number of benzene rings is 2. The normalized spacial score (nSPS) is 10.6. The Labute approximate surface area is 161 Å². The van der Waals surface area contributed by atoms with Crippen molar-refractivity contribution in [1.82, 2.24) is 4.98 Å². The van der Waals surface area contributed by atoms with Crippen LogP contribution in [0.2, 0.25) is 0 Å². The van der Waals surface area contributed by atoms with E-state index < -0.39 is 4.92 Å². The van der Waals surface area contributed by atoms with Crippen molar-refractivity contribution >= 4 is 17.6 Å². The summed E-state index contributed by atoms with van der Waals surface area (Å²) in [5, 5.41) is 14.8. The van der Waals surface area contributed by atoms with Crippen LogP contribution in [0.3, 0.4) is 0 Å². The van der Waals surface area contributed by atoms with E-state index in [0.29, 0.717) is 23.9 Å². The number of nitro groups is 1. The highest BCUT2D eigenvalue weighted by molar-refractivity contribution is 5.81. The second-order valence-electron chi connectivity index (χ2n) is 5.70. The van der Waals surface area contributed by atoms with Crippen molar-refractivity contribution in [2.75, 3.05) is 12.5 Å². The van der Waals surface area contributed by atoms with E-state index in [9.17, 15) is 10.1 Å². The Morgan fingerprint density at radius 1 is 1.18 bits per heavy atom. The van der Waals surface area contributed by atoms with E-state index in [-0.39, 0.29) is 5.69 Å². The molecule has 1 N–H and O–H groups in total. The van der Waals surface area contributed by atoms with Gasteiger partial charge in [-0.1, -0.05) is 6.07 Å². The lowest BCUT2D eigenvalue weighted by molar-refractivity contribution is -0.384. The quantitative estimate of drug-likeness (QED) is 0.361. The van der Waals surface area contributed by atoms with Gasteiger partial charge in [-0.3, -0.25) is 15.5 Å². The molecule has 8 heteroatoms. The molecular formula is C20H18N4O4. The van der Waals surface area contributed by atoms with Crippen molar-refractivity contribution in [2.45, 2.75) is 6.61 Å². The van der Waals surface area contributed by atoms with Crippen molar-refractivity contribution in [3.8, 4) is 11.6 Å². The van der Waals surface area contributed by atoms with Crippen LogP contribution < -0.4 is 14.9 Å². The Balaban J connectivity index is 1.66. The van der Waals surface area contributed by atoms with Gasteiger partial charge in [0.25, 0.3) is 5.69 Å². The summed E-state index contributed by atoms with van der Waals surface area (Å²) >= 11 is 0. The molecule has 2 aromatic carbocycles. The van der Waals surface area contributed by atoms with Crippen LogP contribution in [0, 0.1) is 10.1 Å². The standard InChI is InChI=1S/C20H18N4O4/c1-27-19-10-5-15(12-16(19)14-28-20-4-2-3-11-21-20)13-22-23-17-6-8-18(9-7-17)24(25)26/h2-13,23H,14H2,1H3/b22-13-. The van der Waals surface area contributed by atoms with E-state index in [2.05, 4.69) is 15.5 Å². The molecule has 0 radical (unpaired) electrons. The highest BCUT2D eigenvalue weighted by Gasteiger charge is 2.06. The first-order chi connectivity index (χ1) is 13.7. The average Bonchev–Trinajstić information content (AvgIpc) is 2.73. The van der Waals surface area contributed by atoms with Crippen molar-refractivity contribution in [2.24, 2.45) is 5.10 Å². The third-order valence-electron chi connectivity index (χ3n) is 3.80. The molecule has 0 bridgehead atoms. The van der Waals surface area contributed by atoms with Crippen molar-refractivity contribution in [3.05, 3.63) is 88.1 Å². The first-order valence-electron chi connectivity index (χ1n) is 8.40. The van der Waals surface area contributed by atoms with Crippen molar-refractivity contribution < 1.29 is 14.4 Å². The number of nitro benzene ring substituents is 1. The molecular weight excluding hydrogens is 360 g/mol. The molecule has 0 aliphatic carbocycles. The first kappa shape index (κ1) is 18.8. The molecule has 0 aliphatic rings. The minimum absolute atomic E-state index is 0.0298. The van der Waals surface area contributed by atoms with E-state index in [1.54, 1.807) is 37.7 Å². The van der Waals surface area contributed by atoms with Gasteiger partial charge in [-0.25, -0.2) is 4.98 Å². The molecule has 8 nitrogen and oxygen atoms in total. The highest BCUT2D eigenvalue weighted by atomic mass is 16.6. The lowest BCUT2D eigenvalue weighted by Gasteiger charge is -2.10. The molecule has 142 valence electrons. The molecule has 1 aromatic heterocycles. The third kappa shape index (κ3) is 5.04. The fraction of sp³-hybridized carbons (Fsp3) is 0.100. The van der Waals surface area contributed by atoms with E-state index >= 15 is 0 Å². The average molecular weight is 378 g/mol. The monoisotopic (exact) mass is 378 g/mol. The Morgan fingerprint density at radius 2 is 2.00 bits per heavy atom. The smallest absolute Gasteiger partial charge is 0.269 e. The number of ether oxygens (including phenoxy) is 2. The molecule has 0 saturated carbocycles. The summed E-state index contributed by atoms with van der Waals surface area (Å²) in [6, 6.07) is 17.1. The highest BCUT2D eigenvalue weighted by Crippen LogP contribution is 2.21. The molecule has 3 aromatic rings. The van der Waals surface area contributed by atoms with Crippen LogP contribution in [-0.2, 0) is 6.61 Å². The Kier molecular flexibility index (Phi) is 6.14. The van der Waals surface area contributed by atoms with E-state index in [1.165, 1.54) is 12.1 Å². The predicted molar refractivity (Wildman–Crippen MR) is 106 cm³/mol. The van der Waals surface area contributed by atoms with Crippen LogP contribution in [0.25, 0.3) is 0 Å². The molecule has 0 saturated heterocycles. The molecule has 0 spiro atoms. The molecule has 1 heterocycles. The number of anilines is 1. The summed E-state index contributed by atoms with van der Waals surface area (Å²) in [5.74, 6) is 1.24. The van der Waals surface area contributed by atoms with Gasteiger partial charge in [-0.15, -0.1) is 0 Å². The number of nitrogens with zero attached hydrogens (tertiary/aromatic N) is 3. The maximum atomic E-state index is 10.7. The van der Waals surface area contributed by atoms with Gasteiger partial charge in [0.1, 0.15) is 12.4 Å². The van der Waals surface area contributed by atoms with Crippen LogP contribution in [0.5, 0.6) is 11.6 Å². The fourth-order valence-electron chi connectivity index (χ4n) is 2.41. The molecule has 0 atom stereocenters. The zero-order chi connectivity index (χ0) is 19.8. The zero-order valence-corrected chi connectivity index (χ0v) is 15.1. The maximum absolute atomic E-state index is 10.7. The number of pyridine rings is 1. The number of hydrogen-bond acceptors (Lipinski definition) is 7. The molecule has 0 amide bonds. The van der Waals surface area contributed by atoms with E-state index in [0.717, 1.165) is 11.1 Å². The summed E-state index contributed by atoms with van der Waals surface area (Å²) in [6.45, 7) is 0.303. The second kappa shape index (κ2) is 9.13. The summed E-state index contributed by atoms with van der Waals surface area (Å²) < 4.78 is 11.1. The van der Waals surface area contributed by atoms with Crippen LogP contribution in [0.15, 0.2) is 72.0 Å². The zero-order valence-electron chi connectivity index (χ0n) is 15.1. The van der Waals surface area contributed by atoms with Crippen LogP contribution in [-0.4, -0.2) is 23.2 Å². The number of hydrazone groups is 1. The van der Waals surface area contributed by atoms with Gasteiger partial charge in [0.15, 0.2) is 0 Å². The summed E-state index contributed by atoms with van der Waals surface area (Å²) in [6.07, 6.45) is 3.31. The fourth-order valence-corrected chi connectivity index (χ4v) is 2.41. The number of hydrogen-bond donors (Lipinski definition) is 1. The second-order valence-corrected chi connectivity index (χ2v) is 5.70. The Bertz CT molecular complexity index is 960. The van der Waals surface area contributed by atoms with Crippen LogP contribution in [0.1, 0.15) is 11.1 Å². The molecule has 3 rings (SSSR count). The topological polar surface area (TPSA) is 98.9 Å². The van der Waals surface area contributed by atoms with E-state index in [4.69, 9.17) is 9.47 Å². The number of nitrogens with one attached hydrogen (secondary N) is 1. The molecule has 0 fully saturated rings. The van der Waals surface area contributed by atoms with Gasteiger partial charge in [-0.2, -0.15) is 5.10 Å². The SMILES string of the molecule is COc1ccc(/C=N\Nc2ccc([N+](=O)[O-])cc2)cc1COc1ccccn1. The van der Waals surface area contributed by atoms with Crippen molar-refractivity contribution in [1.29, 1.82) is 0 Å². The third-order valence-corrected chi connectivity index (χ3v) is 3.80. The minimum atomic E-state index is -0.445. The number of non-ortho nitro benzene ring substituents is 1. The Hall–Kier alpha value is -3.94. The van der Waals surface area contributed by atoms with Gasteiger partial charge in [0.2, 0.25) is 5.88 Å². The Morgan fingerprint density at radius 3 is 2.68 bits per heavy atom. The van der Waals surface area contributed by atoms with Crippen LogP contribution in [0.4, 0.5) is 11.4 Å². The lowest BCUT2D eigenvalue weighted by atomic mass is 10.1. The lowest BCUT2D eigenvalue weighted by Crippen LogP contribution is -2.01. The van der Waals surface area contributed by atoms with Crippen LogP contribution >= 0.6 is 0 Å². The van der Waals surface area contributed by atoms with Gasteiger partial charge in [-0.05, 0) is 42.0 Å². The predicted octanol–water partition coefficient (Wildman–Crippen LogP) is 4.02. The summed E-state index contributed by atoms with van der Waals surface area (Å²) in [7, 11) is 1.60. The van der Waals surface area contributed by atoms with Gasteiger partial charge in [0, 0.05) is 30.0 Å².